The second kappa shape index (κ2) is 4.60. The molecule has 0 unspecified atom stereocenters. The van der Waals surface area contributed by atoms with Gasteiger partial charge in [-0.3, -0.25) is 0 Å². The Morgan fingerprint density at radius 1 is 1.07 bits per heavy atom. The molecule has 1 rings (SSSR count). The van der Waals surface area contributed by atoms with Crippen LogP contribution in [0.2, 0.25) is 0 Å². The third-order valence-electron chi connectivity index (χ3n) is 2.42. The monoisotopic (exact) mass is 202 g/mol. The lowest BCUT2D eigenvalue weighted by Crippen LogP contribution is -2.49. The normalized spacial score (nSPS) is 24.9. The maximum atomic E-state index is 5.90. The van der Waals surface area contributed by atoms with Crippen molar-refractivity contribution in [2.75, 3.05) is 13.2 Å². The molecule has 0 aromatic carbocycles. The maximum Gasteiger partial charge on any atom is 0.283 e. The van der Waals surface area contributed by atoms with E-state index in [1.807, 2.05) is 13.8 Å². The highest BCUT2D eigenvalue weighted by molar-refractivity contribution is 4.78. The summed E-state index contributed by atoms with van der Waals surface area (Å²) in [5, 5.41) is 0. The van der Waals surface area contributed by atoms with Crippen LogP contribution in [0.4, 0.5) is 0 Å². The van der Waals surface area contributed by atoms with Crippen LogP contribution < -0.4 is 0 Å². The second-order valence-corrected chi connectivity index (χ2v) is 4.26. The second-order valence-electron chi connectivity index (χ2n) is 4.26. The minimum atomic E-state index is -0.786. The van der Waals surface area contributed by atoms with E-state index in [0.29, 0.717) is 13.2 Å². The van der Waals surface area contributed by atoms with Gasteiger partial charge in [-0.1, -0.05) is 0 Å². The Morgan fingerprint density at radius 2 is 1.64 bits per heavy atom. The van der Waals surface area contributed by atoms with Gasteiger partial charge >= 0.3 is 0 Å². The fourth-order valence-corrected chi connectivity index (χ4v) is 1.94. The molecule has 0 aliphatic carbocycles. The molecule has 0 atom stereocenters. The molecule has 0 aromatic rings. The molecule has 84 valence electrons. The van der Waals surface area contributed by atoms with E-state index >= 15 is 0 Å². The molecule has 14 heavy (non-hydrogen) atoms. The summed E-state index contributed by atoms with van der Waals surface area (Å²) in [6.07, 6.45) is 2.99. The van der Waals surface area contributed by atoms with E-state index in [-0.39, 0.29) is 5.60 Å². The van der Waals surface area contributed by atoms with Gasteiger partial charge in [0.05, 0.1) is 5.60 Å². The standard InChI is InChI=1S/C11H22O3/c1-5-12-11(13-6-2)9-7-8-10(3,4)14-11/h5-9H2,1-4H3. The Labute approximate surface area is 86.7 Å². The molecule has 3 nitrogen and oxygen atoms in total. The van der Waals surface area contributed by atoms with Crippen molar-refractivity contribution in [2.45, 2.75) is 58.5 Å². The highest BCUT2D eigenvalue weighted by atomic mass is 16.9. The van der Waals surface area contributed by atoms with Gasteiger partial charge in [-0.25, -0.2) is 0 Å². The van der Waals surface area contributed by atoms with Gasteiger partial charge in [0.1, 0.15) is 0 Å². The lowest BCUT2D eigenvalue weighted by atomic mass is 9.97. The van der Waals surface area contributed by atoms with Crippen LogP contribution in [0.15, 0.2) is 0 Å². The van der Waals surface area contributed by atoms with Crippen LogP contribution in [0.25, 0.3) is 0 Å². The summed E-state index contributed by atoms with van der Waals surface area (Å²) in [6, 6.07) is 0. The summed E-state index contributed by atoms with van der Waals surface area (Å²) in [4.78, 5) is 0. The Hall–Kier alpha value is -0.120. The Morgan fingerprint density at radius 3 is 2.07 bits per heavy atom. The van der Waals surface area contributed by atoms with Crippen molar-refractivity contribution in [3.63, 3.8) is 0 Å². The molecule has 0 amide bonds. The van der Waals surface area contributed by atoms with E-state index in [9.17, 15) is 0 Å². The molecular formula is C11H22O3. The molecule has 0 spiro atoms. The summed E-state index contributed by atoms with van der Waals surface area (Å²) in [5.41, 5.74) is -0.136. The Balaban J connectivity index is 2.65. The lowest BCUT2D eigenvalue weighted by molar-refractivity contribution is -0.420. The zero-order valence-electron chi connectivity index (χ0n) is 9.76. The van der Waals surface area contributed by atoms with Crippen LogP contribution in [-0.2, 0) is 14.2 Å². The van der Waals surface area contributed by atoms with Gasteiger partial charge in [-0.15, -0.1) is 0 Å². The summed E-state index contributed by atoms with van der Waals surface area (Å²) in [7, 11) is 0. The van der Waals surface area contributed by atoms with E-state index in [2.05, 4.69) is 13.8 Å². The number of ether oxygens (including phenoxy) is 3. The number of hydrogen-bond donors (Lipinski definition) is 0. The third kappa shape index (κ3) is 2.94. The molecule has 3 heteroatoms. The van der Waals surface area contributed by atoms with Crippen LogP contribution in [0.5, 0.6) is 0 Å². The van der Waals surface area contributed by atoms with Crippen LogP contribution in [-0.4, -0.2) is 24.8 Å². The van der Waals surface area contributed by atoms with E-state index in [0.717, 1.165) is 19.3 Å². The van der Waals surface area contributed by atoms with Gasteiger partial charge in [-0.2, -0.15) is 0 Å². The quantitative estimate of drug-likeness (QED) is 0.656. The molecule has 0 radical (unpaired) electrons. The first-order chi connectivity index (χ1) is 6.54. The van der Waals surface area contributed by atoms with Crippen molar-refractivity contribution < 1.29 is 14.2 Å². The molecule has 0 N–H and O–H groups in total. The van der Waals surface area contributed by atoms with Gasteiger partial charge in [0.15, 0.2) is 0 Å². The SMILES string of the molecule is CCOC1(OCC)CCCC(C)(C)O1. The Bertz CT molecular complexity index is 166. The van der Waals surface area contributed by atoms with Gasteiger partial charge < -0.3 is 14.2 Å². The average Bonchev–Trinajstić information content (AvgIpc) is 2.02. The fraction of sp³-hybridized carbons (Fsp3) is 1.00. The van der Waals surface area contributed by atoms with E-state index in [1.54, 1.807) is 0 Å². The zero-order valence-corrected chi connectivity index (χ0v) is 9.76. The Kier molecular flexibility index (Phi) is 3.93. The van der Waals surface area contributed by atoms with Crippen molar-refractivity contribution in [1.29, 1.82) is 0 Å². The molecule has 1 aliphatic heterocycles. The van der Waals surface area contributed by atoms with Gasteiger partial charge in [0.2, 0.25) is 0 Å². The smallest absolute Gasteiger partial charge is 0.283 e. The molecule has 0 bridgehead atoms. The molecule has 1 aliphatic rings. The summed E-state index contributed by atoms with van der Waals surface area (Å²) in [5.74, 6) is -0.786. The summed E-state index contributed by atoms with van der Waals surface area (Å²) in [6.45, 7) is 9.33. The molecular weight excluding hydrogens is 180 g/mol. The molecule has 1 heterocycles. The van der Waals surface area contributed by atoms with Crippen molar-refractivity contribution in [2.24, 2.45) is 0 Å². The van der Waals surface area contributed by atoms with Gasteiger partial charge in [0.25, 0.3) is 5.97 Å². The summed E-state index contributed by atoms with van der Waals surface area (Å²) >= 11 is 0. The number of rotatable bonds is 4. The predicted octanol–water partition coefficient (Wildman–Crippen LogP) is 2.69. The van der Waals surface area contributed by atoms with Crippen LogP contribution in [0.1, 0.15) is 47.0 Å². The van der Waals surface area contributed by atoms with Gasteiger partial charge in [-0.05, 0) is 40.5 Å². The third-order valence-corrected chi connectivity index (χ3v) is 2.42. The molecule has 0 saturated carbocycles. The van der Waals surface area contributed by atoms with E-state index < -0.39 is 5.97 Å². The van der Waals surface area contributed by atoms with E-state index in [4.69, 9.17) is 14.2 Å². The highest BCUT2D eigenvalue weighted by Gasteiger charge is 2.42. The minimum Gasteiger partial charge on any atom is -0.328 e. The maximum absolute atomic E-state index is 5.90. The minimum absolute atomic E-state index is 0.136. The van der Waals surface area contributed by atoms with Crippen molar-refractivity contribution in [1.82, 2.24) is 0 Å². The van der Waals surface area contributed by atoms with Crippen molar-refractivity contribution in [3.8, 4) is 0 Å². The first kappa shape index (κ1) is 12.0. The lowest BCUT2D eigenvalue weighted by Gasteiger charge is -2.43. The molecule has 0 aromatic heterocycles. The average molecular weight is 202 g/mol. The highest BCUT2D eigenvalue weighted by Crippen LogP contribution is 2.36. The number of hydrogen-bond acceptors (Lipinski definition) is 3. The van der Waals surface area contributed by atoms with Crippen LogP contribution >= 0.6 is 0 Å². The van der Waals surface area contributed by atoms with Crippen LogP contribution in [0, 0.1) is 0 Å². The molecule has 1 fully saturated rings. The van der Waals surface area contributed by atoms with Gasteiger partial charge in [0, 0.05) is 19.6 Å². The molecule has 1 saturated heterocycles. The van der Waals surface area contributed by atoms with Crippen molar-refractivity contribution in [3.05, 3.63) is 0 Å². The fourth-order valence-electron chi connectivity index (χ4n) is 1.94. The van der Waals surface area contributed by atoms with Crippen LogP contribution in [0.3, 0.4) is 0 Å². The first-order valence-electron chi connectivity index (χ1n) is 5.52. The largest absolute Gasteiger partial charge is 0.328 e. The zero-order chi connectivity index (χ0) is 10.7. The predicted molar refractivity (Wildman–Crippen MR) is 55.0 cm³/mol. The first-order valence-corrected chi connectivity index (χ1v) is 5.52. The topological polar surface area (TPSA) is 27.7 Å². The van der Waals surface area contributed by atoms with E-state index in [1.165, 1.54) is 0 Å². The van der Waals surface area contributed by atoms with Crippen molar-refractivity contribution >= 4 is 0 Å². The summed E-state index contributed by atoms with van der Waals surface area (Å²) < 4.78 is 17.1.